The van der Waals surface area contributed by atoms with Crippen LogP contribution in [0.3, 0.4) is 0 Å². The van der Waals surface area contributed by atoms with Crippen LogP contribution in [-0.4, -0.2) is 43.6 Å². The number of aromatic nitrogens is 5. The van der Waals surface area contributed by atoms with Crippen LogP contribution in [0, 0.1) is 5.41 Å². The summed E-state index contributed by atoms with van der Waals surface area (Å²) < 4.78 is 29.9. The van der Waals surface area contributed by atoms with Crippen LogP contribution < -0.4 is 16.1 Å². The lowest BCUT2D eigenvalue weighted by molar-refractivity contribution is -0.0642. The fraction of sp³-hybridized carbons (Fsp3) is 0.375. The molecule has 1 fully saturated rings. The molecule has 0 amide bonds. The molecular formula is C16H15ClF2N6O2. The second kappa shape index (κ2) is 5.62. The van der Waals surface area contributed by atoms with Gasteiger partial charge in [-0.25, -0.2) is 23.1 Å². The highest BCUT2D eigenvalue weighted by Crippen LogP contribution is 2.45. The maximum absolute atomic E-state index is 14.3. The van der Waals surface area contributed by atoms with Crippen molar-refractivity contribution in [2.75, 3.05) is 18.0 Å². The van der Waals surface area contributed by atoms with Crippen LogP contribution in [0.1, 0.15) is 13.8 Å². The van der Waals surface area contributed by atoms with Gasteiger partial charge in [-0.2, -0.15) is 5.10 Å². The largest absolute Gasteiger partial charge is 0.348 e. The fourth-order valence-electron chi connectivity index (χ4n) is 3.17. The van der Waals surface area contributed by atoms with E-state index in [1.54, 1.807) is 0 Å². The van der Waals surface area contributed by atoms with Crippen LogP contribution in [0.4, 0.5) is 14.6 Å². The van der Waals surface area contributed by atoms with Crippen LogP contribution in [-0.2, 0) is 0 Å². The molecule has 8 nitrogen and oxygen atoms in total. The Morgan fingerprint density at radius 2 is 2.00 bits per heavy atom. The summed E-state index contributed by atoms with van der Waals surface area (Å²) in [7, 11) is 0. The van der Waals surface area contributed by atoms with Gasteiger partial charge >= 0.3 is 5.69 Å². The smallest absolute Gasteiger partial charge is 0.325 e. The van der Waals surface area contributed by atoms with E-state index < -0.39 is 29.1 Å². The van der Waals surface area contributed by atoms with Gasteiger partial charge in [-0.05, 0) is 6.07 Å². The molecule has 3 aromatic heterocycles. The number of alkyl halides is 2. The maximum atomic E-state index is 14.3. The van der Waals surface area contributed by atoms with Crippen molar-refractivity contribution in [1.82, 2.24) is 24.6 Å². The summed E-state index contributed by atoms with van der Waals surface area (Å²) in [5, 5.41) is 4.42. The van der Waals surface area contributed by atoms with E-state index in [0.717, 1.165) is 0 Å². The van der Waals surface area contributed by atoms with Crippen molar-refractivity contribution in [3.63, 3.8) is 0 Å². The number of nitrogens with one attached hydrogen (secondary N) is 2. The molecule has 1 aliphatic rings. The Morgan fingerprint density at radius 3 is 2.63 bits per heavy atom. The molecule has 4 heterocycles. The number of aromatic amines is 2. The lowest BCUT2D eigenvalue weighted by Crippen LogP contribution is -2.34. The van der Waals surface area contributed by atoms with E-state index in [9.17, 15) is 18.4 Å². The molecule has 0 saturated carbocycles. The Labute approximate surface area is 155 Å². The number of H-pyrrole nitrogens is 2. The third kappa shape index (κ3) is 2.71. The zero-order valence-electron chi connectivity index (χ0n) is 14.4. The van der Waals surface area contributed by atoms with Crippen molar-refractivity contribution in [3.8, 4) is 11.3 Å². The zero-order valence-corrected chi connectivity index (χ0v) is 15.1. The minimum atomic E-state index is -2.88. The number of hydrogen-bond acceptors (Lipinski definition) is 5. The monoisotopic (exact) mass is 396 g/mol. The molecule has 4 rings (SSSR count). The lowest BCUT2D eigenvalue weighted by Gasteiger charge is -2.24. The topological polar surface area (TPSA) is 99.2 Å². The minimum absolute atomic E-state index is 0.101. The molecule has 0 bridgehead atoms. The van der Waals surface area contributed by atoms with Crippen molar-refractivity contribution in [1.29, 1.82) is 0 Å². The summed E-state index contributed by atoms with van der Waals surface area (Å²) in [4.78, 5) is 33.4. The third-order valence-electron chi connectivity index (χ3n) is 4.79. The van der Waals surface area contributed by atoms with E-state index in [2.05, 4.69) is 20.1 Å². The number of rotatable bonds is 2. The Kier molecular flexibility index (Phi) is 3.68. The Bertz CT molecular complexity index is 1150. The van der Waals surface area contributed by atoms with Gasteiger partial charge < -0.3 is 9.88 Å². The Morgan fingerprint density at radius 1 is 1.26 bits per heavy atom. The maximum Gasteiger partial charge on any atom is 0.325 e. The molecule has 1 saturated heterocycles. The quantitative estimate of drug-likeness (QED) is 0.689. The van der Waals surface area contributed by atoms with Crippen molar-refractivity contribution < 1.29 is 8.78 Å². The van der Waals surface area contributed by atoms with E-state index in [1.807, 2.05) is 0 Å². The average Bonchev–Trinajstić information content (AvgIpc) is 3.07. The predicted molar refractivity (Wildman–Crippen MR) is 95.6 cm³/mol. The van der Waals surface area contributed by atoms with Crippen molar-refractivity contribution in [3.05, 3.63) is 44.5 Å². The van der Waals surface area contributed by atoms with E-state index >= 15 is 0 Å². The number of anilines is 1. The summed E-state index contributed by atoms with van der Waals surface area (Å²) in [6.07, 6.45) is 2.55. The third-order valence-corrected chi connectivity index (χ3v) is 5.05. The van der Waals surface area contributed by atoms with Crippen molar-refractivity contribution in [2.24, 2.45) is 5.41 Å². The number of nitrogens with zero attached hydrogens (tertiary/aromatic N) is 4. The van der Waals surface area contributed by atoms with Gasteiger partial charge in [0.25, 0.3) is 11.5 Å². The van der Waals surface area contributed by atoms with Crippen LogP contribution in [0.15, 0.2) is 28.0 Å². The molecule has 27 heavy (non-hydrogen) atoms. The molecule has 2 N–H and O–H groups in total. The van der Waals surface area contributed by atoms with E-state index in [1.165, 1.54) is 41.7 Å². The molecule has 0 spiro atoms. The number of fused-ring (bicyclic) bond motifs is 1. The van der Waals surface area contributed by atoms with E-state index in [4.69, 9.17) is 11.6 Å². The summed E-state index contributed by atoms with van der Waals surface area (Å²) in [6, 6.07) is 1.53. The van der Waals surface area contributed by atoms with Crippen molar-refractivity contribution >= 4 is 22.9 Å². The lowest BCUT2D eigenvalue weighted by atomic mass is 9.89. The Balaban J connectivity index is 1.87. The summed E-state index contributed by atoms with van der Waals surface area (Å²) in [5.41, 5.74) is -1.75. The van der Waals surface area contributed by atoms with Crippen molar-refractivity contribution in [2.45, 2.75) is 19.8 Å². The molecule has 0 aliphatic carbocycles. The molecule has 0 aromatic carbocycles. The highest BCUT2D eigenvalue weighted by Gasteiger charge is 2.54. The first-order chi connectivity index (χ1) is 12.6. The predicted octanol–water partition coefficient (Wildman–Crippen LogP) is 1.91. The van der Waals surface area contributed by atoms with Gasteiger partial charge in [0.2, 0.25) is 0 Å². The van der Waals surface area contributed by atoms with E-state index in [-0.39, 0.29) is 23.0 Å². The van der Waals surface area contributed by atoms with Gasteiger partial charge in [-0.15, -0.1) is 0 Å². The van der Waals surface area contributed by atoms with Crippen LogP contribution in [0.5, 0.6) is 0 Å². The standard InChI is InChI=1S/C16H15ClF2N6O2/c1-15(2)6-24(7-16(15,18)19)12-10-3-9(23-25(10)11(17)5-20-12)8-4-21-14(27)22-13(8)26/h3-5H,6-7H2,1-2H3,(H2,21,22,26,27). The van der Waals surface area contributed by atoms with Gasteiger partial charge in [0.1, 0.15) is 16.4 Å². The molecule has 142 valence electrons. The summed E-state index contributed by atoms with van der Waals surface area (Å²) >= 11 is 6.14. The molecule has 0 radical (unpaired) electrons. The SMILES string of the molecule is CC1(C)CN(c2ncc(Cl)n3nc(-c4c[nH]c(=O)[nH]c4=O)cc23)CC1(F)F. The molecule has 0 unspecified atom stereocenters. The zero-order chi connectivity index (χ0) is 19.6. The normalized spacial score (nSPS) is 18.3. The van der Waals surface area contributed by atoms with Gasteiger partial charge in [0.05, 0.1) is 18.3 Å². The van der Waals surface area contributed by atoms with Gasteiger partial charge in [0, 0.05) is 18.2 Å². The molecular weight excluding hydrogens is 382 g/mol. The van der Waals surface area contributed by atoms with E-state index in [0.29, 0.717) is 11.3 Å². The summed E-state index contributed by atoms with van der Waals surface area (Å²) in [5.74, 6) is -2.59. The van der Waals surface area contributed by atoms with Crippen LogP contribution in [0.25, 0.3) is 16.8 Å². The second-order valence-electron chi connectivity index (χ2n) is 7.16. The second-order valence-corrected chi connectivity index (χ2v) is 7.55. The van der Waals surface area contributed by atoms with Gasteiger partial charge in [0.15, 0.2) is 5.82 Å². The molecule has 0 atom stereocenters. The highest BCUT2D eigenvalue weighted by molar-refractivity contribution is 6.29. The summed E-state index contributed by atoms with van der Waals surface area (Å²) in [6.45, 7) is 2.62. The van der Waals surface area contributed by atoms with Crippen LogP contribution >= 0.6 is 11.6 Å². The van der Waals surface area contributed by atoms with Gasteiger partial charge in [-0.3, -0.25) is 9.78 Å². The van der Waals surface area contributed by atoms with Crippen LogP contribution in [0.2, 0.25) is 5.15 Å². The van der Waals surface area contributed by atoms with Gasteiger partial charge in [-0.1, -0.05) is 25.4 Å². The average molecular weight is 397 g/mol. The first-order valence-electron chi connectivity index (χ1n) is 8.08. The number of hydrogen-bond donors (Lipinski definition) is 2. The Hall–Kier alpha value is -2.75. The molecule has 1 aliphatic heterocycles. The molecule has 3 aromatic rings. The number of halogens is 3. The fourth-order valence-corrected chi connectivity index (χ4v) is 3.34. The molecule has 11 heteroatoms. The minimum Gasteiger partial charge on any atom is -0.348 e. The first-order valence-corrected chi connectivity index (χ1v) is 8.46. The highest BCUT2D eigenvalue weighted by atomic mass is 35.5. The first kappa shape index (κ1) is 17.7.